The van der Waals surface area contributed by atoms with Crippen LogP contribution in [0.1, 0.15) is 58.9 Å². The second-order valence-electron chi connectivity index (χ2n) is 7.04. The SMILES string of the molecule is Cc1c(NC(=O)c2c[nH]cc2Cc2ccccc2)cnn1C1CCCC1. The number of rotatable bonds is 5. The number of nitrogens with zero attached hydrogens (tertiary/aromatic N) is 2. The molecule has 2 aromatic heterocycles. The van der Waals surface area contributed by atoms with E-state index in [-0.39, 0.29) is 5.91 Å². The highest BCUT2D eigenvalue weighted by molar-refractivity contribution is 6.05. The molecule has 4 rings (SSSR count). The summed E-state index contributed by atoms with van der Waals surface area (Å²) in [6, 6.07) is 10.7. The van der Waals surface area contributed by atoms with E-state index in [0.717, 1.165) is 23.4 Å². The van der Waals surface area contributed by atoms with Crippen molar-refractivity contribution in [1.82, 2.24) is 14.8 Å². The van der Waals surface area contributed by atoms with E-state index in [2.05, 4.69) is 32.2 Å². The third-order valence-electron chi connectivity index (χ3n) is 5.28. The van der Waals surface area contributed by atoms with Gasteiger partial charge in [0.2, 0.25) is 0 Å². The Bertz CT molecular complexity index is 888. The summed E-state index contributed by atoms with van der Waals surface area (Å²) >= 11 is 0. The Kier molecular flexibility index (Phi) is 4.61. The van der Waals surface area contributed by atoms with Gasteiger partial charge in [0.25, 0.3) is 5.91 Å². The normalized spacial score (nSPS) is 14.7. The lowest BCUT2D eigenvalue weighted by Gasteiger charge is -2.13. The van der Waals surface area contributed by atoms with Gasteiger partial charge in [0.1, 0.15) is 0 Å². The highest BCUT2D eigenvalue weighted by atomic mass is 16.1. The fourth-order valence-corrected chi connectivity index (χ4v) is 3.82. The molecule has 1 aromatic carbocycles. The quantitative estimate of drug-likeness (QED) is 0.714. The van der Waals surface area contributed by atoms with E-state index in [4.69, 9.17) is 0 Å². The Labute approximate surface area is 153 Å². The molecule has 0 atom stereocenters. The van der Waals surface area contributed by atoms with E-state index in [0.29, 0.717) is 11.6 Å². The molecule has 0 unspecified atom stereocenters. The average Bonchev–Trinajstić information content (AvgIpc) is 3.38. The monoisotopic (exact) mass is 348 g/mol. The molecular weight excluding hydrogens is 324 g/mol. The minimum Gasteiger partial charge on any atom is -0.367 e. The number of benzene rings is 1. The van der Waals surface area contributed by atoms with Gasteiger partial charge in [0, 0.05) is 12.4 Å². The summed E-state index contributed by atoms with van der Waals surface area (Å²) in [6.07, 6.45) is 11.0. The van der Waals surface area contributed by atoms with Gasteiger partial charge in [-0.25, -0.2) is 0 Å². The maximum absolute atomic E-state index is 12.8. The van der Waals surface area contributed by atoms with Gasteiger partial charge >= 0.3 is 0 Å². The molecule has 1 saturated carbocycles. The van der Waals surface area contributed by atoms with Gasteiger partial charge in [-0.05, 0) is 37.3 Å². The van der Waals surface area contributed by atoms with Crippen molar-refractivity contribution < 1.29 is 4.79 Å². The lowest BCUT2D eigenvalue weighted by atomic mass is 10.0. The van der Waals surface area contributed by atoms with Crippen LogP contribution in [-0.2, 0) is 6.42 Å². The zero-order valence-corrected chi connectivity index (χ0v) is 15.0. The average molecular weight is 348 g/mol. The Morgan fingerprint density at radius 1 is 1.23 bits per heavy atom. The molecule has 2 heterocycles. The molecule has 1 fully saturated rings. The third-order valence-corrected chi connectivity index (χ3v) is 5.28. The maximum atomic E-state index is 12.8. The van der Waals surface area contributed by atoms with E-state index >= 15 is 0 Å². The molecule has 26 heavy (non-hydrogen) atoms. The van der Waals surface area contributed by atoms with Gasteiger partial charge in [0.15, 0.2) is 0 Å². The Morgan fingerprint density at radius 2 is 2.00 bits per heavy atom. The first-order valence-electron chi connectivity index (χ1n) is 9.27. The maximum Gasteiger partial charge on any atom is 0.257 e. The fraction of sp³-hybridized carbons (Fsp3) is 0.333. The highest BCUT2D eigenvalue weighted by Crippen LogP contribution is 2.31. The molecule has 134 valence electrons. The number of amides is 1. The van der Waals surface area contributed by atoms with Gasteiger partial charge in [-0.15, -0.1) is 0 Å². The minimum absolute atomic E-state index is 0.0914. The second-order valence-corrected chi connectivity index (χ2v) is 7.04. The molecule has 2 N–H and O–H groups in total. The fourth-order valence-electron chi connectivity index (χ4n) is 3.82. The molecule has 0 bridgehead atoms. The predicted molar refractivity (Wildman–Crippen MR) is 102 cm³/mol. The summed E-state index contributed by atoms with van der Waals surface area (Å²) < 4.78 is 2.07. The number of nitrogens with one attached hydrogen (secondary N) is 2. The minimum atomic E-state index is -0.0914. The summed E-state index contributed by atoms with van der Waals surface area (Å²) in [5.41, 5.74) is 4.70. The number of carbonyl (C=O) groups excluding carboxylic acids is 1. The summed E-state index contributed by atoms with van der Waals surface area (Å²) in [7, 11) is 0. The second kappa shape index (κ2) is 7.20. The Hall–Kier alpha value is -2.82. The van der Waals surface area contributed by atoms with E-state index in [1.165, 1.54) is 31.2 Å². The van der Waals surface area contributed by atoms with Crippen molar-refractivity contribution in [3.8, 4) is 0 Å². The molecule has 5 heteroatoms. The van der Waals surface area contributed by atoms with E-state index < -0.39 is 0 Å². The van der Waals surface area contributed by atoms with Crippen molar-refractivity contribution in [3.63, 3.8) is 0 Å². The van der Waals surface area contributed by atoms with Crippen molar-refractivity contribution in [2.75, 3.05) is 5.32 Å². The topological polar surface area (TPSA) is 62.7 Å². The molecule has 0 spiro atoms. The van der Waals surface area contributed by atoms with Crippen LogP contribution in [0.4, 0.5) is 5.69 Å². The molecule has 0 aliphatic heterocycles. The number of hydrogen-bond acceptors (Lipinski definition) is 2. The van der Waals surface area contributed by atoms with E-state index in [1.807, 2.05) is 31.3 Å². The van der Waals surface area contributed by atoms with Gasteiger partial charge in [0.05, 0.1) is 29.2 Å². The van der Waals surface area contributed by atoms with Crippen molar-refractivity contribution in [2.45, 2.75) is 45.1 Å². The number of anilines is 1. The van der Waals surface area contributed by atoms with Crippen molar-refractivity contribution >= 4 is 11.6 Å². The number of carbonyl (C=O) groups is 1. The molecule has 1 aliphatic rings. The number of H-pyrrole nitrogens is 1. The molecule has 0 saturated heterocycles. The highest BCUT2D eigenvalue weighted by Gasteiger charge is 2.21. The lowest BCUT2D eigenvalue weighted by Crippen LogP contribution is -2.14. The van der Waals surface area contributed by atoms with Gasteiger partial charge in [-0.2, -0.15) is 5.10 Å². The summed E-state index contributed by atoms with van der Waals surface area (Å²) in [6.45, 7) is 2.03. The van der Waals surface area contributed by atoms with Crippen LogP contribution < -0.4 is 5.32 Å². The molecule has 3 aromatic rings. The van der Waals surface area contributed by atoms with Crippen LogP contribution in [0, 0.1) is 6.92 Å². The van der Waals surface area contributed by atoms with E-state index in [1.54, 1.807) is 12.4 Å². The van der Waals surface area contributed by atoms with Crippen LogP contribution in [0.5, 0.6) is 0 Å². The first-order valence-corrected chi connectivity index (χ1v) is 9.27. The van der Waals surface area contributed by atoms with Crippen molar-refractivity contribution in [1.29, 1.82) is 0 Å². The van der Waals surface area contributed by atoms with Crippen LogP contribution in [0.15, 0.2) is 48.9 Å². The molecule has 1 amide bonds. The first kappa shape index (κ1) is 16.6. The van der Waals surface area contributed by atoms with Crippen LogP contribution in [0.2, 0.25) is 0 Å². The number of hydrogen-bond donors (Lipinski definition) is 2. The van der Waals surface area contributed by atoms with Crippen molar-refractivity contribution in [2.24, 2.45) is 0 Å². The van der Waals surface area contributed by atoms with E-state index in [9.17, 15) is 4.79 Å². The van der Waals surface area contributed by atoms with Crippen LogP contribution in [-0.4, -0.2) is 20.7 Å². The standard InChI is InChI=1S/C21H24N4O/c1-15-20(14-23-25(15)18-9-5-6-10-18)24-21(26)19-13-22-12-17(19)11-16-7-3-2-4-8-16/h2-4,7-8,12-14,18,22H,5-6,9-11H2,1H3,(H,24,26). The summed E-state index contributed by atoms with van der Waals surface area (Å²) in [5.74, 6) is -0.0914. The van der Waals surface area contributed by atoms with Crippen LogP contribution in [0.25, 0.3) is 0 Å². The molecular formula is C21H24N4O. The zero-order chi connectivity index (χ0) is 17.9. The number of aromatic nitrogens is 3. The summed E-state index contributed by atoms with van der Waals surface area (Å²) in [4.78, 5) is 15.9. The smallest absolute Gasteiger partial charge is 0.257 e. The van der Waals surface area contributed by atoms with Crippen LogP contribution >= 0.6 is 0 Å². The van der Waals surface area contributed by atoms with Crippen molar-refractivity contribution in [3.05, 3.63) is 71.3 Å². The van der Waals surface area contributed by atoms with Gasteiger partial charge in [-0.1, -0.05) is 43.2 Å². The van der Waals surface area contributed by atoms with Gasteiger partial charge in [-0.3, -0.25) is 9.48 Å². The number of aromatic amines is 1. The largest absolute Gasteiger partial charge is 0.367 e. The first-order chi connectivity index (χ1) is 12.7. The Morgan fingerprint density at radius 3 is 2.77 bits per heavy atom. The molecule has 5 nitrogen and oxygen atoms in total. The predicted octanol–water partition coefficient (Wildman–Crippen LogP) is 4.48. The Balaban J connectivity index is 1.50. The third kappa shape index (κ3) is 3.29. The molecule has 0 radical (unpaired) electrons. The zero-order valence-electron chi connectivity index (χ0n) is 15.0. The van der Waals surface area contributed by atoms with Gasteiger partial charge < -0.3 is 10.3 Å². The lowest BCUT2D eigenvalue weighted by molar-refractivity contribution is 0.102. The molecule has 1 aliphatic carbocycles. The van der Waals surface area contributed by atoms with Crippen LogP contribution in [0.3, 0.4) is 0 Å². The summed E-state index contributed by atoms with van der Waals surface area (Å²) in [5, 5.41) is 7.56.